The van der Waals surface area contributed by atoms with Gasteiger partial charge >= 0.3 is 0 Å². The summed E-state index contributed by atoms with van der Waals surface area (Å²) in [6, 6.07) is 13.6. The van der Waals surface area contributed by atoms with E-state index in [0.29, 0.717) is 11.8 Å². The lowest BCUT2D eigenvalue weighted by molar-refractivity contribution is 0.403. The van der Waals surface area contributed by atoms with Crippen molar-refractivity contribution in [1.29, 1.82) is 0 Å². The molecule has 2 atom stereocenters. The molecule has 2 aromatic rings. The van der Waals surface area contributed by atoms with Crippen molar-refractivity contribution in [2.75, 3.05) is 13.1 Å². The summed E-state index contributed by atoms with van der Waals surface area (Å²) in [6.07, 6.45) is 1.06. The molecule has 1 N–H and O–H groups in total. The predicted molar refractivity (Wildman–Crippen MR) is 91.2 cm³/mol. The molecule has 0 saturated carbocycles. The summed E-state index contributed by atoms with van der Waals surface area (Å²) in [7, 11) is 0. The molecule has 0 amide bonds. The molecular weight excluding hydrogens is 397 g/mol. The zero-order valence-corrected chi connectivity index (χ0v) is 14.6. The van der Waals surface area contributed by atoms with Crippen molar-refractivity contribution in [3.8, 4) is 0 Å². The fourth-order valence-electron chi connectivity index (χ4n) is 3.09. The molecule has 1 saturated heterocycles. The Hall–Kier alpha value is -0.710. The first-order valence-electron chi connectivity index (χ1n) is 7.06. The van der Waals surface area contributed by atoms with Crippen LogP contribution in [0.5, 0.6) is 0 Å². The minimum atomic E-state index is -0.195. The van der Waals surface area contributed by atoms with Gasteiger partial charge in [-0.3, -0.25) is 0 Å². The highest BCUT2D eigenvalue weighted by Gasteiger charge is 2.29. The van der Waals surface area contributed by atoms with Gasteiger partial charge in [0, 0.05) is 21.4 Å². The quantitative estimate of drug-likeness (QED) is 0.713. The van der Waals surface area contributed by atoms with E-state index in [-0.39, 0.29) is 5.82 Å². The SMILES string of the molecule is Fc1ccc(C2CCNCC2c2ccc(Br)cc2)c(Br)c1. The second-order valence-corrected chi connectivity index (χ2v) is 7.19. The third-order valence-electron chi connectivity index (χ3n) is 4.14. The first-order valence-corrected chi connectivity index (χ1v) is 8.65. The highest BCUT2D eigenvalue weighted by molar-refractivity contribution is 9.10. The monoisotopic (exact) mass is 411 g/mol. The van der Waals surface area contributed by atoms with Gasteiger partial charge in [-0.2, -0.15) is 0 Å². The number of rotatable bonds is 2. The Bertz CT molecular complexity index is 627. The van der Waals surface area contributed by atoms with Crippen LogP contribution in [-0.2, 0) is 0 Å². The maximum atomic E-state index is 13.3. The van der Waals surface area contributed by atoms with Gasteiger partial charge in [0.05, 0.1) is 0 Å². The van der Waals surface area contributed by atoms with Crippen molar-refractivity contribution in [1.82, 2.24) is 5.32 Å². The Morgan fingerprint density at radius 3 is 2.48 bits per heavy atom. The zero-order valence-electron chi connectivity index (χ0n) is 11.5. The molecule has 2 unspecified atom stereocenters. The molecule has 0 aromatic heterocycles. The normalized spacial score (nSPS) is 22.2. The van der Waals surface area contributed by atoms with Crippen LogP contribution in [0, 0.1) is 5.82 Å². The molecule has 0 aliphatic carbocycles. The molecular formula is C17H16Br2FN. The van der Waals surface area contributed by atoms with Gasteiger partial charge in [0.15, 0.2) is 0 Å². The number of benzene rings is 2. The average Bonchev–Trinajstić information content (AvgIpc) is 2.48. The lowest BCUT2D eigenvalue weighted by Gasteiger charge is -2.33. The third-order valence-corrected chi connectivity index (χ3v) is 5.36. The lowest BCUT2D eigenvalue weighted by atomic mass is 9.77. The number of halogens is 3. The van der Waals surface area contributed by atoms with Gasteiger partial charge in [0.2, 0.25) is 0 Å². The largest absolute Gasteiger partial charge is 0.316 e. The Balaban J connectivity index is 1.96. The molecule has 0 bridgehead atoms. The van der Waals surface area contributed by atoms with E-state index in [4.69, 9.17) is 0 Å². The highest BCUT2D eigenvalue weighted by Crippen LogP contribution is 2.40. The van der Waals surface area contributed by atoms with Gasteiger partial charge in [0.1, 0.15) is 5.82 Å². The van der Waals surface area contributed by atoms with Gasteiger partial charge in [-0.15, -0.1) is 0 Å². The average molecular weight is 413 g/mol. The van der Waals surface area contributed by atoms with Crippen molar-refractivity contribution >= 4 is 31.9 Å². The van der Waals surface area contributed by atoms with E-state index in [1.807, 2.05) is 6.07 Å². The second-order valence-electron chi connectivity index (χ2n) is 5.42. The van der Waals surface area contributed by atoms with E-state index in [2.05, 4.69) is 61.4 Å². The number of nitrogens with one attached hydrogen (secondary N) is 1. The fraction of sp³-hybridized carbons (Fsp3) is 0.294. The van der Waals surface area contributed by atoms with Gasteiger partial charge < -0.3 is 5.32 Å². The highest BCUT2D eigenvalue weighted by atomic mass is 79.9. The maximum absolute atomic E-state index is 13.3. The standard InChI is InChI=1S/C17H16Br2FN/c18-12-3-1-11(2-4-12)16-10-21-8-7-14(16)15-6-5-13(20)9-17(15)19/h1-6,9,14,16,21H,7-8,10H2. The number of hydrogen-bond acceptors (Lipinski definition) is 1. The van der Waals surface area contributed by atoms with E-state index in [1.165, 1.54) is 11.1 Å². The minimum absolute atomic E-state index is 0.195. The number of piperidine rings is 1. The summed E-state index contributed by atoms with van der Waals surface area (Å²) in [6.45, 7) is 1.96. The fourth-order valence-corrected chi connectivity index (χ4v) is 4.00. The third kappa shape index (κ3) is 3.38. The molecule has 4 heteroatoms. The van der Waals surface area contributed by atoms with E-state index in [0.717, 1.165) is 28.5 Å². The van der Waals surface area contributed by atoms with Crippen molar-refractivity contribution < 1.29 is 4.39 Å². The van der Waals surface area contributed by atoms with E-state index >= 15 is 0 Å². The Kier molecular flexibility index (Phi) is 4.77. The molecule has 1 nitrogen and oxygen atoms in total. The molecule has 3 rings (SSSR count). The van der Waals surface area contributed by atoms with Gasteiger partial charge in [-0.05, 0) is 54.3 Å². The molecule has 21 heavy (non-hydrogen) atoms. The van der Waals surface area contributed by atoms with Gasteiger partial charge in [-0.1, -0.05) is 50.1 Å². The first kappa shape index (κ1) is 15.2. The minimum Gasteiger partial charge on any atom is -0.316 e. The molecule has 1 aliphatic heterocycles. The van der Waals surface area contributed by atoms with Crippen LogP contribution in [0.4, 0.5) is 4.39 Å². The predicted octanol–water partition coefficient (Wildman–Crippen LogP) is 5.21. The summed E-state index contributed by atoms with van der Waals surface area (Å²) in [4.78, 5) is 0. The molecule has 0 spiro atoms. The van der Waals surface area contributed by atoms with Crippen molar-refractivity contribution in [2.45, 2.75) is 18.3 Å². The smallest absolute Gasteiger partial charge is 0.124 e. The summed E-state index contributed by atoms with van der Waals surface area (Å²) in [5.41, 5.74) is 2.53. The lowest BCUT2D eigenvalue weighted by Crippen LogP contribution is -2.34. The second kappa shape index (κ2) is 6.59. The van der Waals surface area contributed by atoms with Gasteiger partial charge in [-0.25, -0.2) is 4.39 Å². The molecule has 1 aliphatic rings. The Morgan fingerprint density at radius 2 is 1.76 bits per heavy atom. The van der Waals surface area contributed by atoms with Crippen molar-refractivity contribution in [2.24, 2.45) is 0 Å². The van der Waals surface area contributed by atoms with Crippen LogP contribution in [0.3, 0.4) is 0 Å². The van der Waals surface area contributed by atoms with Crippen LogP contribution in [0.15, 0.2) is 51.4 Å². The molecule has 1 fully saturated rings. The van der Waals surface area contributed by atoms with Crippen LogP contribution in [0.2, 0.25) is 0 Å². The van der Waals surface area contributed by atoms with Crippen molar-refractivity contribution in [3.05, 3.63) is 68.4 Å². The summed E-state index contributed by atoms with van der Waals surface area (Å²) in [5.74, 6) is 0.621. The molecule has 0 radical (unpaired) electrons. The van der Waals surface area contributed by atoms with Crippen LogP contribution in [-0.4, -0.2) is 13.1 Å². The number of hydrogen-bond donors (Lipinski definition) is 1. The summed E-state index contributed by atoms with van der Waals surface area (Å²) < 4.78 is 15.3. The van der Waals surface area contributed by atoms with E-state index < -0.39 is 0 Å². The molecule has 2 aromatic carbocycles. The van der Waals surface area contributed by atoms with Crippen LogP contribution in [0.1, 0.15) is 29.4 Å². The van der Waals surface area contributed by atoms with E-state index in [1.54, 1.807) is 12.1 Å². The van der Waals surface area contributed by atoms with Crippen LogP contribution < -0.4 is 5.32 Å². The van der Waals surface area contributed by atoms with Crippen LogP contribution in [0.25, 0.3) is 0 Å². The van der Waals surface area contributed by atoms with Gasteiger partial charge in [0.25, 0.3) is 0 Å². The van der Waals surface area contributed by atoms with Crippen molar-refractivity contribution in [3.63, 3.8) is 0 Å². The first-order chi connectivity index (χ1) is 10.1. The summed E-state index contributed by atoms with van der Waals surface area (Å²) in [5, 5.41) is 3.48. The Morgan fingerprint density at radius 1 is 1.00 bits per heavy atom. The Labute approximate surface area is 141 Å². The zero-order chi connectivity index (χ0) is 14.8. The molecule has 110 valence electrons. The topological polar surface area (TPSA) is 12.0 Å². The molecule has 1 heterocycles. The van der Waals surface area contributed by atoms with E-state index in [9.17, 15) is 4.39 Å². The van der Waals surface area contributed by atoms with Crippen LogP contribution >= 0.6 is 31.9 Å². The summed E-state index contributed by atoms with van der Waals surface area (Å²) >= 11 is 7.01. The maximum Gasteiger partial charge on any atom is 0.124 e.